The smallest absolute Gasteiger partial charge is 0.348 e. The van der Waals surface area contributed by atoms with Gasteiger partial charge in [0, 0.05) is 6.04 Å². The summed E-state index contributed by atoms with van der Waals surface area (Å²) in [4.78, 5) is 27.4. The van der Waals surface area contributed by atoms with Gasteiger partial charge in [-0.25, -0.2) is 21.9 Å². The van der Waals surface area contributed by atoms with E-state index in [1.165, 1.54) is 19.1 Å². The normalized spacial score (nSPS) is 15.9. The van der Waals surface area contributed by atoms with E-state index in [1.54, 1.807) is 0 Å². The highest BCUT2D eigenvalue weighted by Gasteiger charge is 2.37. The van der Waals surface area contributed by atoms with Crippen LogP contribution in [0.4, 0.5) is 27.6 Å². The van der Waals surface area contributed by atoms with Crippen LogP contribution < -0.4 is 10.6 Å². The third kappa shape index (κ3) is 6.64. The molecule has 2 amide bonds. The molecule has 0 bridgehead atoms. The Morgan fingerprint density at radius 1 is 1.11 bits per heavy atom. The molecule has 0 radical (unpaired) electrons. The van der Waals surface area contributed by atoms with Crippen LogP contribution in [0, 0.1) is 29.9 Å². The van der Waals surface area contributed by atoms with Gasteiger partial charge in [0.15, 0.2) is 21.5 Å². The molecule has 1 unspecified atom stereocenters. The highest BCUT2D eigenvalue weighted by Crippen LogP contribution is 2.27. The Morgan fingerprint density at radius 3 is 2.42 bits per heavy atom. The van der Waals surface area contributed by atoms with Gasteiger partial charge in [-0.05, 0) is 54.5 Å². The monoisotopic (exact) mass is 649 g/mol. The molecule has 1 atom stereocenters. The molecule has 5 rings (SSSR count). The first-order chi connectivity index (χ1) is 21.1. The summed E-state index contributed by atoms with van der Waals surface area (Å²) in [6.07, 6.45) is -4.73. The van der Waals surface area contributed by atoms with Gasteiger partial charge in [-0.2, -0.15) is 28.3 Å². The first-order valence-corrected chi connectivity index (χ1v) is 14.7. The van der Waals surface area contributed by atoms with Crippen molar-refractivity contribution in [2.24, 2.45) is 0 Å². The number of benzene rings is 2. The molecule has 1 aliphatic heterocycles. The van der Waals surface area contributed by atoms with Crippen LogP contribution >= 0.6 is 0 Å². The molecular formula is C26H20F5N9O4S. The van der Waals surface area contributed by atoms with Crippen LogP contribution in [0.25, 0.3) is 5.69 Å². The standard InChI is InChI=1S/C26H20F5N9O4S/c1-13-7-14(10-32)8-17(23(41)33-15-5-6-45(43,44)12-15)21(13)34-24(42)20-9-16(11-39-37-25(35-38-39)26(29,30)31)36-40(20)22-18(27)3-2-4-19(22)28/h2-4,7-9,15H,5-6,11-12H2,1H3,(H,33,41)(H,34,42). The highest BCUT2D eigenvalue weighted by molar-refractivity contribution is 7.91. The summed E-state index contributed by atoms with van der Waals surface area (Å²) >= 11 is 0. The van der Waals surface area contributed by atoms with E-state index >= 15 is 0 Å². The maximum atomic E-state index is 14.8. The zero-order chi connectivity index (χ0) is 32.7. The second kappa shape index (κ2) is 11.7. The van der Waals surface area contributed by atoms with Crippen molar-refractivity contribution in [3.63, 3.8) is 0 Å². The lowest BCUT2D eigenvalue weighted by atomic mass is 10.0. The SMILES string of the molecule is Cc1cc(C#N)cc(C(=O)NC2CCS(=O)(=O)C2)c1NC(=O)c1cc(Cn2nnc(C(F)(F)F)n2)nn1-c1c(F)cccc1F. The summed E-state index contributed by atoms with van der Waals surface area (Å²) in [6.45, 7) is 0.890. The molecule has 2 aromatic heterocycles. The van der Waals surface area contributed by atoms with E-state index in [0.717, 1.165) is 24.3 Å². The van der Waals surface area contributed by atoms with Crippen molar-refractivity contribution in [3.05, 3.63) is 81.9 Å². The van der Waals surface area contributed by atoms with Crippen molar-refractivity contribution in [3.8, 4) is 11.8 Å². The molecule has 0 aliphatic carbocycles. The van der Waals surface area contributed by atoms with E-state index in [0.29, 0.717) is 9.48 Å². The number of hydrogen-bond acceptors (Lipinski definition) is 9. The van der Waals surface area contributed by atoms with E-state index in [-0.39, 0.29) is 46.0 Å². The fourth-order valence-corrected chi connectivity index (χ4v) is 6.32. The molecule has 1 aliphatic rings. The minimum atomic E-state index is -4.89. The summed E-state index contributed by atoms with van der Waals surface area (Å²) in [6, 6.07) is 7.59. The number of sulfone groups is 1. The first kappa shape index (κ1) is 31.2. The molecule has 1 saturated heterocycles. The van der Waals surface area contributed by atoms with Crippen LogP contribution in [0.1, 0.15) is 49.9 Å². The third-order valence-electron chi connectivity index (χ3n) is 6.67. The lowest BCUT2D eigenvalue weighted by Gasteiger charge is -2.17. The number of nitrogens with zero attached hydrogens (tertiary/aromatic N) is 7. The van der Waals surface area contributed by atoms with E-state index in [9.17, 15) is 45.2 Å². The van der Waals surface area contributed by atoms with Crippen LogP contribution in [0.3, 0.4) is 0 Å². The Hall–Kier alpha value is -5.25. The van der Waals surface area contributed by atoms with Gasteiger partial charge in [-0.1, -0.05) is 6.07 Å². The van der Waals surface area contributed by atoms with Crippen LogP contribution in [-0.2, 0) is 22.6 Å². The Bertz CT molecular complexity index is 1960. The minimum Gasteiger partial charge on any atom is -0.348 e. The minimum absolute atomic E-state index is 0.0500. The number of tetrazole rings is 1. The largest absolute Gasteiger partial charge is 0.455 e. The highest BCUT2D eigenvalue weighted by atomic mass is 32.2. The second-order valence-corrected chi connectivity index (χ2v) is 12.2. The molecule has 2 aromatic carbocycles. The zero-order valence-corrected chi connectivity index (χ0v) is 23.7. The molecule has 0 saturated carbocycles. The molecule has 0 spiro atoms. The molecular weight excluding hydrogens is 629 g/mol. The van der Waals surface area contributed by atoms with Gasteiger partial charge in [0.25, 0.3) is 17.6 Å². The average Bonchev–Trinajstić information content (AvgIpc) is 3.68. The van der Waals surface area contributed by atoms with Crippen molar-refractivity contribution in [2.45, 2.75) is 32.1 Å². The van der Waals surface area contributed by atoms with Crippen molar-refractivity contribution in [1.29, 1.82) is 5.26 Å². The van der Waals surface area contributed by atoms with Gasteiger partial charge in [-0.15, -0.1) is 10.2 Å². The Labute approximate surface area is 250 Å². The van der Waals surface area contributed by atoms with Crippen LogP contribution in [-0.4, -0.2) is 67.8 Å². The molecule has 1 fully saturated rings. The number of para-hydroxylation sites is 1. The number of amides is 2. The summed E-state index contributed by atoms with van der Waals surface area (Å²) in [5.41, 5.74) is -1.48. The zero-order valence-electron chi connectivity index (χ0n) is 22.9. The molecule has 2 N–H and O–H groups in total. The predicted molar refractivity (Wildman–Crippen MR) is 144 cm³/mol. The molecule has 45 heavy (non-hydrogen) atoms. The quantitative estimate of drug-likeness (QED) is 0.285. The topological polar surface area (TPSA) is 178 Å². The molecule has 234 valence electrons. The number of aromatic nitrogens is 6. The number of rotatable bonds is 7. The van der Waals surface area contributed by atoms with Gasteiger partial charge in [0.1, 0.15) is 17.9 Å². The second-order valence-electron chi connectivity index (χ2n) is 10.00. The van der Waals surface area contributed by atoms with Crippen molar-refractivity contribution >= 4 is 27.3 Å². The number of halogens is 5. The van der Waals surface area contributed by atoms with E-state index in [4.69, 9.17) is 0 Å². The number of hydrogen-bond donors (Lipinski definition) is 2. The summed E-state index contributed by atoms with van der Waals surface area (Å²) in [5, 5.41) is 27.9. The fourth-order valence-electron chi connectivity index (χ4n) is 4.65. The van der Waals surface area contributed by atoms with Crippen LogP contribution in [0.2, 0.25) is 0 Å². The number of anilines is 1. The lowest BCUT2D eigenvalue weighted by Crippen LogP contribution is -2.36. The van der Waals surface area contributed by atoms with E-state index in [1.807, 2.05) is 6.07 Å². The fraction of sp³-hybridized carbons (Fsp3) is 0.269. The molecule has 3 heterocycles. The number of aryl methyl sites for hydroxylation is 1. The maximum absolute atomic E-state index is 14.8. The van der Waals surface area contributed by atoms with Crippen molar-refractivity contribution in [2.75, 3.05) is 16.8 Å². The number of alkyl halides is 3. The van der Waals surface area contributed by atoms with Gasteiger partial charge in [0.2, 0.25) is 0 Å². The van der Waals surface area contributed by atoms with Gasteiger partial charge in [-0.3, -0.25) is 9.59 Å². The van der Waals surface area contributed by atoms with E-state index in [2.05, 4.69) is 31.1 Å². The van der Waals surface area contributed by atoms with E-state index < -0.39 is 69.3 Å². The third-order valence-corrected chi connectivity index (χ3v) is 8.44. The number of nitrogens with one attached hydrogen (secondary N) is 2. The number of carbonyl (C=O) groups excluding carboxylic acids is 2. The van der Waals surface area contributed by atoms with Crippen LogP contribution in [0.15, 0.2) is 36.4 Å². The maximum Gasteiger partial charge on any atom is 0.455 e. The van der Waals surface area contributed by atoms with Crippen LogP contribution in [0.5, 0.6) is 0 Å². The summed E-state index contributed by atoms with van der Waals surface area (Å²) in [7, 11) is -3.35. The first-order valence-electron chi connectivity index (χ1n) is 12.9. The van der Waals surface area contributed by atoms with Gasteiger partial charge in [0.05, 0.1) is 40.1 Å². The molecule has 19 heteroatoms. The van der Waals surface area contributed by atoms with Crippen molar-refractivity contribution < 1.29 is 40.0 Å². The molecule has 4 aromatic rings. The Balaban J connectivity index is 1.53. The summed E-state index contributed by atoms with van der Waals surface area (Å²) < 4.78 is 92.8. The van der Waals surface area contributed by atoms with Crippen molar-refractivity contribution in [1.82, 2.24) is 35.3 Å². The number of nitriles is 1. The summed E-state index contributed by atoms with van der Waals surface area (Å²) in [5.74, 6) is -6.06. The molecule has 13 nitrogen and oxygen atoms in total. The number of carbonyl (C=O) groups is 2. The lowest BCUT2D eigenvalue weighted by molar-refractivity contribution is -0.145. The predicted octanol–water partition coefficient (Wildman–Crippen LogP) is 2.55. The average molecular weight is 650 g/mol. The Morgan fingerprint density at radius 2 is 1.82 bits per heavy atom. The van der Waals surface area contributed by atoms with Gasteiger partial charge >= 0.3 is 6.18 Å². The Kier molecular flexibility index (Phi) is 8.10. The van der Waals surface area contributed by atoms with Gasteiger partial charge < -0.3 is 10.6 Å².